The van der Waals surface area contributed by atoms with Crippen molar-refractivity contribution in [1.29, 1.82) is 0 Å². The Kier molecular flexibility index (Phi) is 7.49. The molecule has 2 aromatic carbocycles. The standard InChI is InChI=1S/C24H26N2O6/c1-4-11-32-20-10-9-17(14-21(20)31-5-2)15-26-23(28)19(22(27)25-24(26)29)13-16-7-6-8-18(12-16)30-3/h6-10,12-14H,4-5,11,15H2,1-3H3,(H,25,27,29)/b19-13-. The number of hydrogen-bond acceptors (Lipinski definition) is 6. The topological polar surface area (TPSA) is 94.2 Å². The van der Waals surface area contributed by atoms with Crippen molar-refractivity contribution in [2.75, 3.05) is 20.3 Å². The van der Waals surface area contributed by atoms with Gasteiger partial charge in [-0.25, -0.2) is 4.79 Å². The van der Waals surface area contributed by atoms with Crippen LogP contribution in [-0.2, 0) is 16.1 Å². The first-order valence-corrected chi connectivity index (χ1v) is 10.4. The van der Waals surface area contributed by atoms with Crippen LogP contribution in [0.3, 0.4) is 0 Å². The van der Waals surface area contributed by atoms with Gasteiger partial charge < -0.3 is 14.2 Å². The first kappa shape index (κ1) is 22.9. The molecule has 2 aromatic rings. The van der Waals surface area contributed by atoms with Gasteiger partial charge in [0.2, 0.25) is 0 Å². The molecule has 0 aromatic heterocycles. The lowest BCUT2D eigenvalue weighted by molar-refractivity contribution is -0.130. The molecule has 1 saturated heterocycles. The van der Waals surface area contributed by atoms with Crippen molar-refractivity contribution in [3.63, 3.8) is 0 Å². The fraction of sp³-hybridized carbons (Fsp3) is 0.292. The van der Waals surface area contributed by atoms with Crippen molar-refractivity contribution in [3.05, 3.63) is 59.2 Å². The van der Waals surface area contributed by atoms with E-state index < -0.39 is 17.8 Å². The second-order valence-electron chi connectivity index (χ2n) is 7.05. The highest BCUT2D eigenvalue weighted by atomic mass is 16.5. The van der Waals surface area contributed by atoms with Crippen molar-refractivity contribution >= 4 is 23.9 Å². The lowest BCUT2D eigenvalue weighted by Crippen LogP contribution is -2.53. The fourth-order valence-electron chi connectivity index (χ4n) is 3.17. The maximum Gasteiger partial charge on any atom is 0.331 e. The zero-order valence-electron chi connectivity index (χ0n) is 18.3. The SMILES string of the molecule is CCCOc1ccc(CN2C(=O)NC(=O)/C(=C/c3cccc(OC)c3)C2=O)cc1OCC. The molecule has 0 radical (unpaired) electrons. The number of nitrogens with zero attached hydrogens (tertiary/aromatic N) is 1. The van der Waals surface area contributed by atoms with Crippen LogP contribution in [-0.4, -0.2) is 43.1 Å². The molecule has 1 heterocycles. The Balaban J connectivity index is 1.86. The molecular weight excluding hydrogens is 412 g/mol. The monoisotopic (exact) mass is 438 g/mol. The maximum atomic E-state index is 13.0. The minimum Gasteiger partial charge on any atom is -0.497 e. The minimum absolute atomic E-state index is 0.0263. The van der Waals surface area contributed by atoms with E-state index in [1.165, 1.54) is 13.2 Å². The Morgan fingerprint density at radius 1 is 1.00 bits per heavy atom. The van der Waals surface area contributed by atoms with Crippen molar-refractivity contribution in [3.8, 4) is 17.2 Å². The molecule has 0 spiro atoms. The molecule has 1 aliphatic heterocycles. The van der Waals surface area contributed by atoms with Crippen molar-refractivity contribution in [1.82, 2.24) is 10.2 Å². The summed E-state index contributed by atoms with van der Waals surface area (Å²) in [7, 11) is 1.53. The van der Waals surface area contributed by atoms with Crippen molar-refractivity contribution in [2.45, 2.75) is 26.8 Å². The molecule has 3 rings (SSSR count). The number of amides is 4. The van der Waals surface area contributed by atoms with Crippen LogP contribution in [0.25, 0.3) is 6.08 Å². The van der Waals surface area contributed by atoms with Gasteiger partial charge in [0, 0.05) is 0 Å². The van der Waals surface area contributed by atoms with Gasteiger partial charge in [0.15, 0.2) is 11.5 Å². The van der Waals surface area contributed by atoms with Gasteiger partial charge in [-0.2, -0.15) is 0 Å². The summed E-state index contributed by atoms with van der Waals surface area (Å²) >= 11 is 0. The molecule has 1 aliphatic rings. The summed E-state index contributed by atoms with van der Waals surface area (Å²) in [6.45, 7) is 4.83. The lowest BCUT2D eigenvalue weighted by atomic mass is 10.1. The van der Waals surface area contributed by atoms with Crippen LogP contribution in [0.1, 0.15) is 31.4 Å². The number of imide groups is 2. The van der Waals surface area contributed by atoms with E-state index in [1.54, 1.807) is 42.5 Å². The highest BCUT2D eigenvalue weighted by molar-refractivity contribution is 6.30. The number of hydrogen-bond donors (Lipinski definition) is 1. The zero-order valence-corrected chi connectivity index (χ0v) is 18.3. The second kappa shape index (κ2) is 10.5. The van der Waals surface area contributed by atoms with Crippen LogP contribution in [0.5, 0.6) is 17.2 Å². The van der Waals surface area contributed by atoms with Gasteiger partial charge in [0.05, 0.1) is 26.9 Å². The second-order valence-corrected chi connectivity index (χ2v) is 7.05. The maximum absolute atomic E-state index is 13.0. The molecule has 0 saturated carbocycles. The first-order chi connectivity index (χ1) is 15.5. The van der Waals surface area contributed by atoms with Crippen LogP contribution in [0.15, 0.2) is 48.0 Å². The van der Waals surface area contributed by atoms with Gasteiger partial charge in [0.25, 0.3) is 11.8 Å². The quantitative estimate of drug-likeness (QED) is 0.475. The number of nitrogens with one attached hydrogen (secondary N) is 1. The molecule has 0 atom stereocenters. The molecule has 0 unspecified atom stereocenters. The Labute approximate surface area is 186 Å². The van der Waals surface area contributed by atoms with E-state index >= 15 is 0 Å². The summed E-state index contributed by atoms with van der Waals surface area (Å²) in [5.41, 5.74) is 1.13. The van der Waals surface area contributed by atoms with Crippen LogP contribution in [0.2, 0.25) is 0 Å². The third-order valence-electron chi connectivity index (χ3n) is 4.70. The molecule has 0 bridgehead atoms. The third kappa shape index (κ3) is 5.26. The van der Waals surface area contributed by atoms with E-state index in [0.29, 0.717) is 41.6 Å². The summed E-state index contributed by atoms with van der Waals surface area (Å²) in [5.74, 6) is 0.306. The third-order valence-corrected chi connectivity index (χ3v) is 4.70. The fourth-order valence-corrected chi connectivity index (χ4v) is 3.17. The minimum atomic E-state index is -0.771. The summed E-state index contributed by atoms with van der Waals surface area (Å²) in [4.78, 5) is 38.8. The van der Waals surface area contributed by atoms with Gasteiger partial charge in [0.1, 0.15) is 11.3 Å². The number of rotatable bonds is 9. The Hall–Kier alpha value is -3.81. The number of urea groups is 1. The predicted octanol–water partition coefficient (Wildman–Crippen LogP) is 3.54. The molecule has 4 amide bonds. The normalized spacial score (nSPS) is 15.0. The van der Waals surface area contributed by atoms with Crippen LogP contribution in [0, 0.1) is 0 Å². The number of barbiturate groups is 1. The number of carbonyl (C=O) groups is 3. The van der Waals surface area contributed by atoms with E-state index in [1.807, 2.05) is 13.8 Å². The molecular formula is C24H26N2O6. The zero-order chi connectivity index (χ0) is 23.1. The van der Waals surface area contributed by atoms with Gasteiger partial charge in [-0.15, -0.1) is 0 Å². The number of methoxy groups -OCH3 is 1. The average molecular weight is 438 g/mol. The highest BCUT2D eigenvalue weighted by Crippen LogP contribution is 2.30. The average Bonchev–Trinajstić information content (AvgIpc) is 2.79. The summed E-state index contributed by atoms with van der Waals surface area (Å²) < 4.78 is 16.5. The van der Waals surface area contributed by atoms with E-state index in [2.05, 4.69) is 5.32 Å². The predicted molar refractivity (Wildman–Crippen MR) is 118 cm³/mol. The van der Waals surface area contributed by atoms with Gasteiger partial charge in [-0.05, 0) is 54.8 Å². The molecule has 8 heteroatoms. The molecule has 0 aliphatic carbocycles. The van der Waals surface area contributed by atoms with Crippen LogP contribution in [0.4, 0.5) is 4.79 Å². The Morgan fingerprint density at radius 3 is 2.53 bits per heavy atom. The van der Waals surface area contributed by atoms with Crippen LogP contribution >= 0.6 is 0 Å². The summed E-state index contributed by atoms with van der Waals surface area (Å²) in [5, 5.41) is 2.23. The van der Waals surface area contributed by atoms with Crippen molar-refractivity contribution < 1.29 is 28.6 Å². The van der Waals surface area contributed by atoms with E-state index in [-0.39, 0.29) is 12.1 Å². The highest BCUT2D eigenvalue weighted by Gasteiger charge is 2.35. The van der Waals surface area contributed by atoms with Gasteiger partial charge in [-0.3, -0.25) is 19.8 Å². The van der Waals surface area contributed by atoms with Gasteiger partial charge >= 0.3 is 6.03 Å². The van der Waals surface area contributed by atoms with Gasteiger partial charge in [-0.1, -0.05) is 25.1 Å². The molecule has 1 fully saturated rings. The van der Waals surface area contributed by atoms with E-state index in [9.17, 15) is 14.4 Å². The number of carbonyl (C=O) groups excluding carboxylic acids is 3. The summed E-state index contributed by atoms with van der Waals surface area (Å²) in [6, 6.07) is 11.4. The smallest absolute Gasteiger partial charge is 0.331 e. The van der Waals surface area contributed by atoms with Crippen molar-refractivity contribution in [2.24, 2.45) is 0 Å². The number of benzene rings is 2. The Morgan fingerprint density at radius 2 is 1.81 bits per heavy atom. The Bertz CT molecular complexity index is 1050. The summed E-state index contributed by atoms with van der Waals surface area (Å²) in [6.07, 6.45) is 2.29. The molecule has 8 nitrogen and oxygen atoms in total. The largest absolute Gasteiger partial charge is 0.497 e. The van der Waals surface area contributed by atoms with Crippen LogP contribution < -0.4 is 19.5 Å². The number of ether oxygens (including phenoxy) is 3. The van der Waals surface area contributed by atoms with E-state index in [4.69, 9.17) is 14.2 Å². The van der Waals surface area contributed by atoms with E-state index in [0.717, 1.165) is 11.3 Å². The first-order valence-electron chi connectivity index (χ1n) is 10.4. The molecule has 32 heavy (non-hydrogen) atoms. The molecule has 1 N–H and O–H groups in total. The lowest BCUT2D eigenvalue weighted by Gasteiger charge is -2.26. The molecule has 168 valence electrons.